The van der Waals surface area contributed by atoms with Crippen molar-refractivity contribution >= 4 is 11.8 Å². The van der Waals surface area contributed by atoms with Crippen LogP contribution in [0.1, 0.15) is 37.0 Å². The van der Waals surface area contributed by atoms with E-state index in [1.165, 1.54) is 0 Å². The summed E-state index contributed by atoms with van der Waals surface area (Å²) in [6, 6.07) is -0.453. The molecule has 1 N–H and O–H groups in total. The Morgan fingerprint density at radius 1 is 1.40 bits per heavy atom. The molecule has 7 nitrogen and oxygen atoms in total. The number of carbonyl (C=O) groups excluding carboxylic acids is 2. The van der Waals surface area contributed by atoms with Crippen molar-refractivity contribution in [1.82, 2.24) is 25.2 Å². The minimum absolute atomic E-state index is 0.000511. The highest BCUT2D eigenvalue weighted by molar-refractivity contribution is 5.97. The molecule has 0 bridgehead atoms. The summed E-state index contributed by atoms with van der Waals surface area (Å²) < 4.78 is 0. The van der Waals surface area contributed by atoms with Crippen molar-refractivity contribution in [2.45, 2.75) is 33.7 Å². The van der Waals surface area contributed by atoms with Gasteiger partial charge in [0.1, 0.15) is 6.04 Å². The molecule has 110 valence electrons. The zero-order valence-electron chi connectivity index (χ0n) is 12.4. The van der Waals surface area contributed by atoms with E-state index < -0.39 is 6.04 Å². The van der Waals surface area contributed by atoms with Gasteiger partial charge in [0.2, 0.25) is 5.91 Å². The second-order valence-electron chi connectivity index (χ2n) is 5.61. The van der Waals surface area contributed by atoms with Crippen molar-refractivity contribution in [2.75, 3.05) is 19.6 Å². The molecule has 7 heteroatoms. The van der Waals surface area contributed by atoms with Crippen LogP contribution in [-0.4, -0.2) is 62.7 Å². The predicted octanol–water partition coefficient (Wildman–Crippen LogP) is 0.442. The Balaban J connectivity index is 2.11. The fraction of sp³-hybridized carbons (Fsp3) is 0.692. The van der Waals surface area contributed by atoms with Gasteiger partial charge in [-0.25, -0.2) is 0 Å². The molecule has 1 aromatic heterocycles. The van der Waals surface area contributed by atoms with Crippen molar-refractivity contribution in [3.05, 3.63) is 11.4 Å². The van der Waals surface area contributed by atoms with E-state index >= 15 is 0 Å². The lowest BCUT2D eigenvalue weighted by Gasteiger charge is -2.39. The predicted molar refractivity (Wildman–Crippen MR) is 73.0 cm³/mol. The number of hydrogen-bond acceptors (Lipinski definition) is 4. The van der Waals surface area contributed by atoms with Crippen molar-refractivity contribution < 1.29 is 9.59 Å². The summed E-state index contributed by atoms with van der Waals surface area (Å²) in [5.74, 6) is 0.187. The maximum Gasteiger partial charge on any atom is 0.277 e. The number of piperazine rings is 1. The molecule has 1 aromatic rings. The number of H-pyrrole nitrogens is 1. The van der Waals surface area contributed by atoms with Crippen LogP contribution in [0.5, 0.6) is 0 Å². The van der Waals surface area contributed by atoms with E-state index in [4.69, 9.17) is 0 Å². The lowest BCUT2D eigenvalue weighted by Crippen LogP contribution is -2.58. The van der Waals surface area contributed by atoms with Crippen LogP contribution in [0.3, 0.4) is 0 Å². The smallest absolute Gasteiger partial charge is 0.277 e. The second-order valence-corrected chi connectivity index (χ2v) is 5.61. The monoisotopic (exact) mass is 279 g/mol. The number of amides is 2. The molecule has 2 amide bonds. The van der Waals surface area contributed by atoms with Gasteiger partial charge in [-0.3, -0.25) is 9.59 Å². The first kappa shape index (κ1) is 14.5. The average Bonchev–Trinajstić information content (AvgIpc) is 2.80. The van der Waals surface area contributed by atoms with Crippen LogP contribution in [0, 0.1) is 12.8 Å². The lowest BCUT2D eigenvalue weighted by atomic mass is 10.1. The van der Waals surface area contributed by atoms with E-state index in [9.17, 15) is 9.59 Å². The fourth-order valence-corrected chi connectivity index (χ4v) is 2.45. The second kappa shape index (κ2) is 5.60. The third-order valence-corrected chi connectivity index (χ3v) is 3.52. The van der Waals surface area contributed by atoms with E-state index in [0.29, 0.717) is 30.4 Å². The van der Waals surface area contributed by atoms with Crippen LogP contribution in [-0.2, 0) is 4.79 Å². The first-order chi connectivity index (χ1) is 9.41. The number of aryl methyl sites for hydroxylation is 1. The van der Waals surface area contributed by atoms with Gasteiger partial charge >= 0.3 is 0 Å². The Morgan fingerprint density at radius 3 is 2.65 bits per heavy atom. The molecule has 1 aliphatic heterocycles. The summed E-state index contributed by atoms with van der Waals surface area (Å²) in [6.07, 6.45) is 0. The molecule has 2 rings (SSSR count). The Morgan fingerprint density at radius 2 is 2.10 bits per heavy atom. The summed E-state index contributed by atoms with van der Waals surface area (Å²) >= 11 is 0. The van der Waals surface area contributed by atoms with Gasteiger partial charge in [-0.05, 0) is 19.8 Å². The zero-order chi connectivity index (χ0) is 14.9. The van der Waals surface area contributed by atoms with Gasteiger partial charge < -0.3 is 9.80 Å². The highest BCUT2D eigenvalue weighted by atomic mass is 16.2. The SMILES string of the molecule is Cc1n[nH]nc1C(=O)N1CCN(CC(C)C)C(=O)C1C. The molecule has 1 aliphatic rings. The van der Waals surface area contributed by atoms with Gasteiger partial charge in [-0.15, -0.1) is 0 Å². The quantitative estimate of drug-likeness (QED) is 0.870. The van der Waals surface area contributed by atoms with Gasteiger partial charge in [-0.2, -0.15) is 15.4 Å². The molecule has 0 aliphatic carbocycles. The Bertz CT molecular complexity index is 511. The van der Waals surface area contributed by atoms with Crippen LogP contribution in [0.4, 0.5) is 0 Å². The van der Waals surface area contributed by atoms with E-state index in [-0.39, 0.29) is 11.8 Å². The Hall–Kier alpha value is -1.92. The van der Waals surface area contributed by atoms with Gasteiger partial charge in [0.05, 0.1) is 5.69 Å². The molecule has 0 aromatic carbocycles. The normalized spacial score (nSPS) is 19.9. The molecule has 1 fully saturated rings. The van der Waals surface area contributed by atoms with Crippen molar-refractivity contribution in [2.24, 2.45) is 5.92 Å². The fourth-order valence-electron chi connectivity index (χ4n) is 2.45. The topological polar surface area (TPSA) is 82.2 Å². The molecule has 0 saturated carbocycles. The van der Waals surface area contributed by atoms with Crippen molar-refractivity contribution in [3.8, 4) is 0 Å². The highest BCUT2D eigenvalue weighted by Crippen LogP contribution is 2.16. The molecule has 1 saturated heterocycles. The number of hydrogen-bond donors (Lipinski definition) is 1. The molecular weight excluding hydrogens is 258 g/mol. The molecule has 1 atom stereocenters. The van der Waals surface area contributed by atoms with E-state index in [2.05, 4.69) is 29.3 Å². The first-order valence-corrected chi connectivity index (χ1v) is 6.89. The molecular formula is C13H21N5O2. The first-order valence-electron chi connectivity index (χ1n) is 6.89. The maximum atomic E-state index is 12.4. The third kappa shape index (κ3) is 2.66. The number of nitrogens with one attached hydrogen (secondary N) is 1. The minimum atomic E-state index is -0.453. The minimum Gasteiger partial charge on any atom is -0.339 e. The number of nitrogens with zero attached hydrogens (tertiary/aromatic N) is 4. The van der Waals surface area contributed by atoms with E-state index in [1.807, 2.05) is 4.90 Å². The summed E-state index contributed by atoms with van der Waals surface area (Å²) in [6.45, 7) is 9.48. The summed E-state index contributed by atoms with van der Waals surface area (Å²) in [5, 5.41) is 10.2. The average molecular weight is 279 g/mol. The molecule has 0 spiro atoms. The lowest BCUT2D eigenvalue weighted by molar-refractivity contribution is -0.140. The maximum absolute atomic E-state index is 12.4. The Kier molecular flexibility index (Phi) is 4.06. The summed E-state index contributed by atoms with van der Waals surface area (Å²) in [4.78, 5) is 28.1. The number of carbonyl (C=O) groups is 2. The van der Waals surface area contributed by atoms with Gasteiger partial charge in [0, 0.05) is 19.6 Å². The van der Waals surface area contributed by atoms with E-state index in [1.54, 1.807) is 18.7 Å². The number of aromatic nitrogens is 3. The number of aromatic amines is 1. The standard InChI is InChI=1S/C13H21N5O2/c1-8(2)7-17-5-6-18(10(4)12(17)19)13(20)11-9(3)14-16-15-11/h8,10H,5-7H2,1-4H3,(H,14,15,16). The molecule has 1 unspecified atom stereocenters. The molecule has 20 heavy (non-hydrogen) atoms. The van der Waals surface area contributed by atoms with Crippen LogP contribution < -0.4 is 0 Å². The highest BCUT2D eigenvalue weighted by Gasteiger charge is 2.36. The zero-order valence-corrected chi connectivity index (χ0v) is 12.4. The van der Waals surface area contributed by atoms with Crippen LogP contribution in [0.2, 0.25) is 0 Å². The van der Waals surface area contributed by atoms with Gasteiger partial charge in [-0.1, -0.05) is 13.8 Å². The van der Waals surface area contributed by atoms with E-state index in [0.717, 1.165) is 6.54 Å². The molecule has 2 heterocycles. The van der Waals surface area contributed by atoms with Gasteiger partial charge in [0.25, 0.3) is 5.91 Å². The summed E-state index contributed by atoms with van der Waals surface area (Å²) in [5.41, 5.74) is 0.848. The van der Waals surface area contributed by atoms with Gasteiger partial charge in [0.15, 0.2) is 5.69 Å². The van der Waals surface area contributed by atoms with Crippen molar-refractivity contribution in [1.29, 1.82) is 0 Å². The van der Waals surface area contributed by atoms with Crippen LogP contribution in [0.25, 0.3) is 0 Å². The van der Waals surface area contributed by atoms with Crippen molar-refractivity contribution in [3.63, 3.8) is 0 Å². The Labute approximate surface area is 118 Å². The van der Waals surface area contributed by atoms with Crippen LogP contribution >= 0.6 is 0 Å². The third-order valence-electron chi connectivity index (χ3n) is 3.52. The van der Waals surface area contributed by atoms with Crippen LogP contribution in [0.15, 0.2) is 0 Å². The number of rotatable bonds is 3. The largest absolute Gasteiger partial charge is 0.339 e. The summed E-state index contributed by atoms with van der Waals surface area (Å²) in [7, 11) is 0. The molecule has 0 radical (unpaired) electrons.